The summed E-state index contributed by atoms with van der Waals surface area (Å²) in [5, 5.41) is 102. The van der Waals surface area contributed by atoms with Gasteiger partial charge in [-0.2, -0.15) is 28.9 Å². The molecule has 355 valence electrons. The zero-order chi connectivity index (χ0) is 50.3. The van der Waals surface area contributed by atoms with Gasteiger partial charge in [-0.3, -0.25) is 4.55 Å². The average molecular weight is 1100 g/mol. The summed E-state index contributed by atoms with van der Waals surface area (Å²) >= 11 is 0. The average Bonchev–Trinajstić information content (AvgIpc) is 3.32. The molecule has 1 radical (unpaired) electrons. The molecular weight excluding hydrogens is 1070 g/mol. The molecule has 0 aliphatic carbocycles. The van der Waals surface area contributed by atoms with Crippen molar-refractivity contribution >= 4 is 99.2 Å². The molecule has 28 heteroatoms. The molecule has 0 atom stereocenters. The second-order valence-electron chi connectivity index (χ2n) is 14.1. The van der Waals surface area contributed by atoms with Crippen molar-refractivity contribution in [1.82, 2.24) is 0 Å². The summed E-state index contributed by atoms with van der Waals surface area (Å²) in [7, 11) is -9.26. The van der Waals surface area contributed by atoms with Crippen LogP contribution in [0, 0.1) is 0 Å². The maximum atomic E-state index is 12.8. The van der Waals surface area contributed by atoms with Gasteiger partial charge in [-0.05, 0) is 54.6 Å². The van der Waals surface area contributed by atoms with Gasteiger partial charge in [-0.25, -0.2) is 13.2 Å². The van der Waals surface area contributed by atoms with E-state index in [1.54, 1.807) is 12.1 Å². The number of hydrogen-bond acceptors (Lipinski definition) is 20. The second-order valence-corrected chi connectivity index (χ2v) is 16.9. The Morgan fingerprint density at radius 3 is 1.20 bits per heavy atom. The van der Waals surface area contributed by atoms with Crippen LogP contribution >= 0.6 is 0 Å². The number of benzene rings is 8. The number of fused-ring (bicyclic) bond motifs is 2. The van der Waals surface area contributed by atoms with E-state index in [4.69, 9.17) is 0 Å². The minimum absolute atomic E-state index is 0. The van der Waals surface area contributed by atoms with Gasteiger partial charge < -0.3 is 40.0 Å². The van der Waals surface area contributed by atoms with Crippen LogP contribution in [0.4, 0.5) is 45.5 Å². The van der Waals surface area contributed by atoms with E-state index in [-0.39, 0.29) is 172 Å². The molecule has 0 aliphatic rings. The van der Waals surface area contributed by atoms with E-state index in [1.807, 2.05) is 0 Å². The molecule has 8 rings (SSSR count). The molecule has 0 aromatic heterocycles. The predicted molar refractivity (Wildman–Crippen MR) is 237 cm³/mol. The monoisotopic (exact) mass is 1100 g/mol. The van der Waals surface area contributed by atoms with Gasteiger partial charge in [-0.15, -0.1) is 20.5 Å². The number of carbonyl (C=O) groups is 2. The van der Waals surface area contributed by atoms with E-state index >= 15 is 0 Å². The maximum Gasteiger partial charge on any atom is 3.00 e. The topological polar surface area (TPSA) is 380 Å². The molecule has 0 aliphatic heterocycles. The second kappa shape index (κ2) is 27.1. The Bertz CT molecular complexity index is 3540. The summed E-state index contributed by atoms with van der Waals surface area (Å²) in [6.45, 7) is 0. The van der Waals surface area contributed by atoms with Crippen LogP contribution in [-0.2, 0) is 37.6 Å². The molecule has 0 spiro atoms. The standard InChI is InChI=1S/2C23H16N4O7S.Cr.3Na/c2*28-19-12-11-18(26-24-17-8-2-1-5-15(17)23(30)31)22(29)21(19)27-25-16-9-3-7-14-13(16)6-4-10-20(14)35(32,33)34;;;;/h2*1-12,28-29H,(H,30,31)(H,32,33,34);;;;/q;;+3;3*+1/p-6. The Kier molecular flexibility index (Phi) is 22.9. The van der Waals surface area contributed by atoms with Crippen molar-refractivity contribution in [1.29, 1.82) is 0 Å². The summed E-state index contributed by atoms with van der Waals surface area (Å²) in [6.07, 6.45) is 0. The summed E-state index contributed by atoms with van der Waals surface area (Å²) in [4.78, 5) is 21.7. The number of nitrogens with zero attached hydrogens (tertiary/aromatic N) is 8. The third-order valence-electron chi connectivity index (χ3n) is 9.72. The number of azo groups is 4. The van der Waals surface area contributed by atoms with Gasteiger partial charge >= 0.3 is 112 Å². The van der Waals surface area contributed by atoms with Crippen LogP contribution in [0.2, 0.25) is 0 Å². The quantitative estimate of drug-likeness (QED) is 0.0830. The van der Waals surface area contributed by atoms with Gasteiger partial charge in [0.05, 0.1) is 56.2 Å². The number of carboxylic acid groups (broad SMARTS) is 2. The van der Waals surface area contributed by atoms with E-state index in [0.29, 0.717) is 5.39 Å². The molecule has 0 unspecified atom stereocenters. The van der Waals surface area contributed by atoms with Crippen molar-refractivity contribution in [3.8, 4) is 23.0 Å². The van der Waals surface area contributed by atoms with Gasteiger partial charge in [0.15, 0.2) is 0 Å². The van der Waals surface area contributed by atoms with E-state index in [2.05, 4.69) is 40.9 Å². The van der Waals surface area contributed by atoms with Crippen LogP contribution in [0.5, 0.6) is 23.0 Å². The van der Waals surface area contributed by atoms with Crippen LogP contribution in [0.1, 0.15) is 20.7 Å². The predicted octanol–water partition coefficient (Wildman–Crippen LogP) is -1.14. The fourth-order valence-corrected chi connectivity index (χ4v) is 7.88. The Morgan fingerprint density at radius 2 is 0.770 bits per heavy atom. The van der Waals surface area contributed by atoms with Crippen LogP contribution in [0.3, 0.4) is 0 Å². The molecule has 0 fully saturated rings. The minimum atomic E-state index is -4.76. The number of carboxylic acids is 2. The van der Waals surface area contributed by atoms with Gasteiger partial charge in [0, 0.05) is 27.1 Å². The minimum Gasteiger partial charge on any atom is -0.871 e. The van der Waals surface area contributed by atoms with Crippen LogP contribution in [0.15, 0.2) is 196 Å². The van der Waals surface area contributed by atoms with E-state index in [0.717, 1.165) is 30.3 Å². The Hall–Kier alpha value is -5.83. The SMILES string of the molecule is O=C(O)c1ccccc1N=Nc1ccc([O-])c(N=Nc2cccc3c(S(=O)(=O)O)cccc23)c1[O-].O=C([O-])c1ccccc1N=Nc1ccc([O-])c(N=Nc2cccc3c(S(=O)(=O)[O-])cccc23)c1[O-].[Cr+3].[Na+].[Na+].[Na+]. The molecule has 0 saturated heterocycles. The molecule has 0 bridgehead atoms. The van der Waals surface area contributed by atoms with Crippen molar-refractivity contribution in [2.75, 3.05) is 0 Å². The Morgan fingerprint density at radius 1 is 0.419 bits per heavy atom. The van der Waals surface area contributed by atoms with Gasteiger partial charge in [0.1, 0.15) is 20.7 Å². The fourth-order valence-electron chi connectivity index (χ4n) is 6.48. The molecule has 2 N–H and O–H groups in total. The van der Waals surface area contributed by atoms with E-state index in [9.17, 15) is 66.2 Å². The zero-order valence-electron chi connectivity index (χ0n) is 38.5. The molecule has 8 aromatic carbocycles. The molecule has 0 heterocycles. The largest absolute Gasteiger partial charge is 3.00 e. The summed E-state index contributed by atoms with van der Waals surface area (Å²) in [5.74, 6) is -5.97. The first-order valence-corrected chi connectivity index (χ1v) is 22.5. The smallest absolute Gasteiger partial charge is 0.871 e. The maximum absolute atomic E-state index is 12.8. The third-order valence-corrected chi connectivity index (χ3v) is 11.5. The van der Waals surface area contributed by atoms with Gasteiger partial charge in [0.2, 0.25) is 0 Å². The normalized spacial score (nSPS) is 11.4. The molecule has 74 heavy (non-hydrogen) atoms. The fraction of sp³-hybridized carbons (Fsp3) is 0. The summed E-state index contributed by atoms with van der Waals surface area (Å²) < 4.78 is 67.4. The Labute approximate surface area is 496 Å². The van der Waals surface area contributed by atoms with E-state index in [1.165, 1.54) is 103 Å². The van der Waals surface area contributed by atoms with Crippen LogP contribution in [-0.4, -0.2) is 43.0 Å². The first-order chi connectivity index (χ1) is 33.3. The molecule has 22 nitrogen and oxygen atoms in total. The van der Waals surface area contributed by atoms with E-state index < -0.39 is 71.4 Å². The van der Waals surface area contributed by atoms with Crippen molar-refractivity contribution in [3.05, 3.63) is 157 Å². The molecular formula is C46H26CrN8Na3O14S2. The summed E-state index contributed by atoms with van der Waals surface area (Å²) in [6, 6.07) is 32.7. The van der Waals surface area contributed by atoms with Gasteiger partial charge in [0.25, 0.3) is 10.1 Å². The van der Waals surface area contributed by atoms with Crippen LogP contribution < -0.4 is 114 Å². The number of hydrogen-bond donors (Lipinski definition) is 2. The van der Waals surface area contributed by atoms with Crippen molar-refractivity contribution in [2.45, 2.75) is 9.79 Å². The third kappa shape index (κ3) is 14.7. The van der Waals surface area contributed by atoms with Crippen molar-refractivity contribution in [3.63, 3.8) is 0 Å². The first kappa shape index (κ1) is 62.5. The Balaban J connectivity index is 0.000000370. The first-order valence-electron chi connectivity index (χ1n) is 19.6. The van der Waals surface area contributed by atoms with Crippen molar-refractivity contribution < 1.29 is 172 Å². The van der Waals surface area contributed by atoms with Crippen LogP contribution in [0.25, 0.3) is 21.5 Å². The molecule has 0 saturated carbocycles. The zero-order valence-corrected chi connectivity index (χ0v) is 47.4. The van der Waals surface area contributed by atoms with Crippen molar-refractivity contribution in [2.24, 2.45) is 40.9 Å². The van der Waals surface area contributed by atoms with Gasteiger partial charge in [-0.1, -0.05) is 114 Å². The number of aromatic carboxylic acids is 2. The molecule has 8 aromatic rings. The number of carbonyl (C=O) groups excluding carboxylic acids is 1. The molecule has 0 amide bonds. The number of rotatable bonds is 12. The summed E-state index contributed by atoms with van der Waals surface area (Å²) in [5.41, 5.74) is -1.83.